The largest absolute Gasteiger partial charge is 0.494 e. The van der Waals surface area contributed by atoms with Gasteiger partial charge in [-0.3, -0.25) is 0 Å². The Morgan fingerprint density at radius 1 is 0.193 bits per heavy atom. The molecule has 0 aliphatic heterocycles. The van der Waals surface area contributed by atoms with E-state index in [1.54, 1.807) is 0 Å². The highest BCUT2D eigenvalue weighted by molar-refractivity contribution is 7.24. The summed E-state index contributed by atoms with van der Waals surface area (Å²) < 4.78 is 43.5. The minimum absolute atomic E-state index is 0.682. The second-order valence-corrected chi connectivity index (χ2v) is 36.1. The van der Waals surface area contributed by atoms with Crippen LogP contribution in [0.5, 0.6) is 34.5 Å². The second kappa shape index (κ2) is 63.8. The van der Waals surface area contributed by atoms with E-state index in [4.69, 9.17) is 28.4 Å². The van der Waals surface area contributed by atoms with Crippen LogP contribution in [0.2, 0.25) is 0 Å². The van der Waals surface area contributed by atoms with Crippen LogP contribution >= 0.6 is 22.7 Å². The van der Waals surface area contributed by atoms with Gasteiger partial charge in [0, 0.05) is 41.1 Å². The number of fused-ring (bicyclic) bond motifs is 2. The average Bonchev–Trinajstić information content (AvgIpc) is 1.58. The third-order valence-electron chi connectivity index (χ3n) is 23.7. The van der Waals surface area contributed by atoms with Crippen LogP contribution in [0, 0.1) is 0 Å². The van der Waals surface area contributed by atoms with Crippen LogP contribution in [0.4, 0.5) is 0 Å². The lowest BCUT2D eigenvalue weighted by molar-refractivity contribution is 0.258. The van der Waals surface area contributed by atoms with Gasteiger partial charge in [-0.1, -0.05) is 413 Å². The van der Waals surface area contributed by atoms with Gasteiger partial charge in [0.1, 0.15) is 11.5 Å². The molecule has 0 unspecified atom stereocenters. The standard InChI is InChI=1S/C106H166O6S2/c1-7-13-19-25-31-37-43-49-55-61-77-107-93-71-67-69-89(83-93)103-95-87-102-96(88-101(95)113-105(103)91-73-75-97(109-79-63-57-51-45-39-33-27-21-15-9-3)99(85-91)111-81-65-59-53-47-41-35-29-23-17-11-5)104(90-70-68-72-94(84-90)108-78-62-56-50-44-38-32-26-20-14-8-2)106(114-102)92-74-76-98(110-80-64-58-52-46-40-34-28-22-16-10-4)100(86-92)112-82-66-60-54-48-42-36-30-24-18-12-6/h67-76,83-88H,7-66,77-82H2,1-6H3. The SMILES string of the molecule is CCCCCCCCCCCCOc1cccc(-c2c(-c3ccc(OCCCCCCCCCCCC)c(OCCCCCCCCCCCC)c3)sc3cc4c(-c5cccc(OCCCCCCCCCCCC)c5)c(-c5ccc(OCCCCCCCCCCCC)c(OCCCCCCCCCCCC)c5)sc4cc23)c1. The highest BCUT2D eigenvalue weighted by atomic mass is 32.1. The van der Waals surface area contributed by atoms with Crippen LogP contribution in [0.15, 0.2) is 97.1 Å². The highest BCUT2D eigenvalue weighted by Gasteiger charge is 2.25. The number of hydrogen-bond donors (Lipinski definition) is 0. The summed E-state index contributed by atoms with van der Waals surface area (Å²) in [7, 11) is 0. The van der Waals surface area contributed by atoms with Crippen LogP contribution < -0.4 is 28.4 Å². The molecule has 7 aromatic rings. The minimum Gasteiger partial charge on any atom is -0.494 e. The van der Waals surface area contributed by atoms with Crippen LogP contribution in [0.25, 0.3) is 63.3 Å². The highest BCUT2D eigenvalue weighted by Crippen LogP contribution is 2.53. The number of rotatable bonds is 76. The molecule has 638 valence electrons. The summed E-state index contributed by atoms with van der Waals surface area (Å²) in [6, 6.07) is 36.8. The number of hydrogen-bond acceptors (Lipinski definition) is 8. The van der Waals surface area contributed by atoms with E-state index < -0.39 is 0 Å². The van der Waals surface area contributed by atoms with Gasteiger partial charge in [0.15, 0.2) is 23.0 Å². The third-order valence-corrected chi connectivity index (χ3v) is 26.1. The minimum atomic E-state index is 0.682. The molecule has 7 rings (SSSR count). The lowest BCUT2D eigenvalue weighted by Gasteiger charge is -2.15. The smallest absolute Gasteiger partial charge is 0.161 e. The second-order valence-electron chi connectivity index (χ2n) is 34.0. The van der Waals surface area contributed by atoms with Crippen molar-refractivity contribution in [3.8, 4) is 77.6 Å². The zero-order valence-electron chi connectivity index (χ0n) is 74.2. The van der Waals surface area contributed by atoms with E-state index in [0.717, 1.165) is 97.4 Å². The van der Waals surface area contributed by atoms with Gasteiger partial charge in [0.05, 0.1) is 39.6 Å². The predicted molar refractivity (Wildman–Crippen MR) is 503 cm³/mol. The van der Waals surface area contributed by atoms with Gasteiger partial charge in [-0.15, -0.1) is 22.7 Å². The molecule has 0 spiro atoms. The summed E-state index contributed by atoms with van der Waals surface area (Å²) in [5, 5.41) is 2.51. The molecule has 0 bridgehead atoms. The topological polar surface area (TPSA) is 55.4 Å². The Hall–Kier alpha value is -5.18. The van der Waals surface area contributed by atoms with E-state index >= 15 is 0 Å². The molecule has 5 aromatic carbocycles. The van der Waals surface area contributed by atoms with Crippen molar-refractivity contribution < 1.29 is 28.4 Å². The average molecular weight is 1600 g/mol. The Bertz CT molecular complexity index is 3260. The van der Waals surface area contributed by atoms with Crippen LogP contribution in [-0.4, -0.2) is 39.6 Å². The van der Waals surface area contributed by atoms with Gasteiger partial charge in [-0.2, -0.15) is 0 Å². The fourth-order valence-corrected chi connectivity index (χ4v) is 19.0. The summed E-state index contributed by atoms with van der Waals surface area (Å²) in [4.78, 5) is 2.47. The molecule has 0 saturated heterocycles. The van der Waals surface area contributed by atoms with Crippen molar-refractivity contribution in [3.63, 3.8) is 0 Å². The molecule has 8 heteroatoms. The van der Waals surface area contributed by atoms with Crippen molar-refractivity contribution in [2.45, 2.75) is 427 Å². The summed E-state index contributed by atoms with van der Waals surface area (Å²) >= 11 is 3.82. The first-order chi connectivity index (χ1) is 56.5. The van der Waals surface area contributed by atoms with Crippen molar-refractivity contribution in [2.75, 3.05) is 39.6 Å². The summed E-state index contributed by atoms with van der Waals surface area (Å²) in [6.07, 6.45) is 78.0. The Labute approximate surface area is 707 Å². The Kier molecular flexibility index (Phi) is 53.7. The van der Waals surface area contributed by atoms with Crippen LogP contribution in [-0.2, 0) is 0 Å². The predicted octanol–water partition coefficient (Wildman–Crippen LogP) is 36.6. The third kappa shape index (κ3) is 39.1. The lowest BCUT2D eigenvalue weighted by atomic mass is 9.95. The Balaban J connectivity index is 1.26. The first-order valence-electron chi connectivity index (χ1n) is 48.8. The van der Waals surface area contributed by atoms with E-state index in [-0.39, 0.29) is 0 Å². The van der Waals surface area contributed by atoms with Crippen molar-refractivity contribution in [1.29, 1.82) is 0 Å². The molecular weight excluding hydrogens is 1430 g/mol. The molecule has 0 amide bonds. The molecule has 0 radical (unpaired) electrons. The summed E-state index contributed by atoms with van der Waals surface area (Å²) in [5.41, 5.74) is 7.14. The molecule has 0 N–H and O–H groups in total. The number of unbranched alkanes of at least 4 members (excludes halogenated alkanes) is 54. The summed E-state index contributed by atoms with van der Waals surface area (Å²) in [6.45, 7) is 18.1. The molecule has 2 heterocycles. The van der Waals surface area contributed by atoms with E-state index in [9.17, 15) is 0 Å². The van der Waals surface area contributed by atoms with Gasteiger partial charge in [-0.05, 0) is 134 Å². The fraction of sp³-hybridized carbons (Fsp3) is 0.679. The monoisotopic (exact) mass is 1600 g/mol. The van der Waals surface area contributed by atoms with Gasteiger partial charge in [0.2, 0.25) is 0 Å². The number of benzene rings is 5. The molecule has 114 heavy (non-hydrogen) atoms. The van der Waals surface area contributed by atoms with E-state index in [1.807, 2.05) is 22.7 Å². The molecule has 2 aromatic heterocycles. The van der Waals surface area contributed by atoms with Crippen LogP contribution in [0.1, 0.15) is 427 Å². The Morgan fingerprint density at radius 3 is 0.658 bits per heavy atom. The normalized spacial score (nSPS) is 11.6. The van der Waals surface area contributed by atoms with Crippen molar-refractivity contribution in [1.82, 2.24) is 0 Å². The molecule has 0 aliphatic carbocycles. The molecule has 0 saturated carbocycles. The molecule has 0 aliphatic rings. The van der Waals surface area contributed by atoms with Gasteiger partial charge in [-0.25, -0.2) is 0 Å². The van der Waals surface area contributed by atoms with Crippen molar-refractivity contribution in [3.05, 3.63) is 97.1 Å². The maximum atomic E-state index is 6.97. The molecule has 0 fully saturated rings. The van der Waals surface area contributed by atoms with E-state index in [0.29, 0.717) is 26.4 Å². The first-order valence-corrected chi connectivity index (χ1v) is 50.4. The van der Waals surface area contributed by atoms with Gasteiger partial charge < -0.3 is 28.4 Å². The number of ether oxygens (including phenoxy) is 6. The summed E-state index contributed by atoms with van der Waals surface area (Å²) in [5.74, 6) is 5.31. The van der Waals surface area contributed by atoms with E-state index in [2.05, 4.69) is 139 Å². The van der Waals surface area contributed by atoms with Gasteiger partial charge in [0.25, 0.3) is 0 Å². The first kappa shape index (κ1) is 96.0. The van der Waals surface area contributed by atoms with E-state index in [1.165, 1.54) is 399 Å². The lowest BCUT2D eigenvalue weighted by Crippen LogP contribution is -2.03. The van der Waals surface area contributed by atoms with Crippen molar-refractivity contribution in [2.24, 2.45) is 0 Å². The number of thiophene rings is 2. The maximum Gasteiger partial charge on any atom is 0.161 e. The molecule has 6 nitrogen and oxygen atoms in total. The van der Waals surface area contributed by atoms with Gasteiger partial charge >= 0.3 is 0 Å². The molecular formula is C106H166O6S2. The quantitative estimate of drug-likeness (QED) is 0.0354. The zero-order chi connectivity index (χ0) is 80.0. The van der Waals surface area contributed by atoms with Crippen LogP contribution in [0.3, 0.4) is 0 Å². The maximum absolute atomic E-state index is 6.97. The fourth-order valence-electron chi connectivity index (χ4n) is 16.6. The van der Waals surface area contributed by atoms with Crippen molar-refractivity contribution >= 4 is 42.8 Å². The Morgan fingerprint density at radius 2 is 0.412 bits per heavy atom. The molecule has 0 atom stereocenters. The zero-order valence-corrected chi connectivity index (χ0v) is 75.8.